The Bertz CT molecular complexity index is 657. The molecular weight excluding hydrogens is 479 g/mol. The number of aliphatic imine (C=N–C) groups is 1. The van der Waals surface area contributed by atoms with E-state index in [-0.39, 0.29) is 24.0 Å². The van der Waals surface area contributed by atoms with Gasteiger partial charge >= 0.3 is 0 Å². The summed E-state index contributed by atoms with van der Waals surface area (Å²) < 4.78 is 5.34. The van der Waals surface area contributed by atoms with E-state index in [4.69, 9.17) is 4.74 Å². The van der Waals surface area contributed by atoms with Gasteiger partial charge in [0.25, 0.3) is 0 Å². The molecular formula is C18H29IN4OS2. The summed E-state index contributed by atoms with van der Waals surface area (Å²) in [5.74, 6) is 0.880. The molecule has 0 aliphatic rings. The van der Waals surface area contributed by atoms with Gasteiger partial charge in [0.2, 0.25) is 0 Å². The van der Waals surface area contributed by atoms with E-state index in [1.807, 2.05) is 25.2 Å². The summed E-state index contributed by atoms with van der Waals surface area (Å²) in [5.41, 5.74) is 1.09. The third-order valence-corrected chi connectivity index (χ3v) is 5.40. The fourth-order valence-corrected chi connectivity index (χ4v) is 3.93. The molecule has 2 N–H and O–H groups in total. The van der Waals surface area contributed by atoms with Crippen LogP contribution in [0.5, 0.6) is 0 Å². The van der Waals surface area contributed by atoms with Crippen LogP contribution >= 0.6 is 46.7 Å². The molecule has 0 aromatic carbocycles. The van der Waals surface area contributed by atoms with Crippen LogP contribution in [0.15, 0.2) is 22.5 Å². The summed E-state index contributed by atoms with van der Waals surface area (Å²) >= 11 is 3.52. The van der Waals surface area contributed by atoms with Gasteiger partial charge in [-0.15, -0.1) is 46.7 Å². The third-order valence-electron chi connectivity index (χ3n) is 3.46. The first-order valence-electron chi connectivity index (χ1n) is 8.84. The summed E-state index contributed by atoms with van der Waals surface area (Å²) in [6, 6.07) is 4.37. The number of nitrogens with zero attached hydrogens (tertiary/aromatic N) is 2. The number of thiazole rings is 1. The van der Waals surface area contributed by atoms with E-state index in [2.05, 4.69) is 45.0 Å². The van der Waals surface area contributed by atoms with Crippen molar-refractivity contribution >= 4 is 52.6 Å². The zero-order valence-corrected chi connectivity index (χ0v) is 19.7. The van der Waals surface area contributed by atoms with Crippen LogP contribution in [0.4, 0.5) is 0 Å². The molecule has 8 heteroatoms. The molecule has 2 rings (SSSR count). The van der Waals surface area contributed by atoms with Crippen LogP contribution in [0.25, 0.3) is 10.6 Å². The predicted molar refractivity (Wildman–Crippen MR) is 124 cm³/mol. The summed E-state index contributed by atoms with van der Waals surface area (Å²) in [6.45, 7) is 10.2. The highest BCUT2D eigenvalue weighted by Gasteiger charge is 2.06. The predicted octanol–water partition coefficient (Wildman–Crippen LogP) is 4.32. The van der Waals surface area contributed by atoms with Gasteiger partial charge in [-0.05, 0) is 45.7 Å². The zero-order valence-electron chi connectivity index (χ0n) is 15.7. The van der Waals surface area contributed by atoms with Gasteiger partial charge in [-0.2, -0.15) is 0 Å². The molecule has 0 atom stereocenters. The minimum absolute atomic E-state index is 0. The van der Waals surface area contributed by atoms with Gasteiger partial charge in [-0.3, -0.25) is 4.99 Å². The van der Waals surface area contributed by atoms with Crippen LogP contribution in [-0.4, -0.2) is 43.8 Å². The maximum Gasteiger partial charge on any atom is 0.191 e. The average molecular weight is 508 g/mol. The maximum absolute atomic E-state index is 5.34. The quantitative estimate of drug-likeness (QED) is 0.217. The van der Waals surface area contributed by atoms with E-state index in [9.17, 15) is 0 Å². The lowest BCUT2D eigenvalue weighted by Gasteiger charge is -2.10. The number of aromatic nitrogens is 1. The molecule has 0 unspecified atom stereocenters. The van der Waals surface area contributed by atoms with Crippen molar-refractivity contribution in [1.82, 2.24) is 15.6 Å². The first kappa shape index (κ1) is 23.3. The molecule has 26 heavy (non-hydrogen) atoms. The zero-order chi connectivity index (χ0) is 17.9. The fraction of sp³-hybridized carbons (Fsp3) is 0.556. The second kappa shape index (κ2) is 13.5. The van der Waals surface area contributed by atoms with Gasteiger partial charge in [-0.1, -0.05) is 0 Å². The van der Waals surface area contributed by atoms with Crippen molar-refractivity contribution in [2.75, 3.05) is 32.8 Å². The smallest absolute Gasteiger partial charge is 0.191 e. The number of nitrogens with one attached hydrogen (secondary N) is 2. The van der Waals surface area contributed by atoms with Crippen LogP contribution in [0.2, 0.25) is 0 Å². The largest absolute Gasteiger partial charge is 0.382 e. The molecule has 0 saturated heterocycles. The van der Waals surface area contributed by atoms with Gasteiger partial charge in [-0.25, -0.2) is 4.98 Å². The highest BCUT2D eigenvalue weighted by Crippen LogP contribution is 2.29. The monoisotopic (exact) mass is 508 g/mol. The fourth-order valence-electron chi connectivity index (χ4n) is 2.27. The molecule has 2 heterocycles. The molecule has 0 aliphatic carbocycles. The molecule has 0 amide bonds. The van der Waals surface area contributed by atoms with Crippen LogP contribution in [0, 0.1) is 6.92 Å². The minimum Gasteiger partial charge on any atom is -0.382 e. The first-order valence-corrected chi connectivity index (χ1v) is 10.5. The Morgan fingerprint density at radius 3 is 2.81 bits per heavy atom. The summed E-state index contributed by atoms with van der Waals surface area (Å²) in [4.78, 5) is 11.7. The Morgan fingerprint density at radius 1 is 1.27 bits per heavy atom. The van der Waals surface area contributed by atoms with Gasteiger partial charge in [0.1, 0.15) is 0 Å². The molecule has 0 radical (unpaired) electrons. The Labute approximate surface area is 181 Å². The Morgan fingerprint density at radius 2 is 2.12 bits per heavy atom. The van der Waals surface area contributed by atoms with Gasteiger partial charge in [0.15, 0.2) is 5.96 Å². The van der Waals surface area contributed by atoms with Crippen LogP contribution in [-0.2, 0) is 11.2 Å². The number of ether oxygens (including phenoxy) is 1. The van der Waals surface area contributed by atoms with Crippen molar-refractivity contribution in [3.63, 3.8) is 0 Å². The molecule has 146 valence electrons. The molecule has 5 nitrogen and oxygen atoms in total. The Balaban J connectivity index is 0.00000338. The van der Waals surface area contributed by atoms with Crippen molar-refractivity contribution in [3.8, 4) is 10.6 Å². The van der Waals surface area contributed by atoms with Crippen molar-refractivity contribution < 1.29 is 4.74 Å². The lowest BCUT2D eigenvalue weighted by atomic mass is 10.3. The third kappa shape index (κ3) is 8.32. The summed E-state index contributed by atoms with van der Waals surface area (Å²) in [5, 5.41) is 9.93. The van der Waals surface area contributed by atoms with E-state index in [1.165, 1.54) is 9.75 Å². The van der Waals surface area contributed by atoms with Crippen molar-refractivity contribution in [1.29, 1.82) is 0 Å². The van der Waals surface area contributed by atoms with E-state index in [0.717, 1.165) is 62.4 Å². The minimum atomic E-state index is 0. The molecule has 0 bridgehead atoms. The van der Waals surface area contributed by atoms with Crippen LogP contribution in [0.1, 0.15) is 30.2 Å². The summed E-state index contributed by atoms with van der Waals surface area (Å²) in [7, 11) is 0. The lowest BCUT2D eigenvalue weighted by molar-refractivity contribution is 0.146. The van der Waals surface area contributed by atoms with Gasteiger partial charge < -0.3 is 15.4 Å². The topological polar surface area (TPSA) is 58.5 Å². The molecule has 0 spiro atoms. The summed E-state index contributed by atoms with van der Waals surface area (Å²) in [6.07, 6.45) is 1.93. The second-order valence-corrected chi connectivity index (χ2v) is 7.74. The van der Waals surface area contributed by atoms with Crippen molar-refractivity contribution in [2.45, 2.75) is 33.6 Å². The van der Waals surface area contributed by atoms with E-state index in [1.54, 1.807) is 11.3 Å². The molecule has 0 saturated carbocycles. The number of guanidine groups is 1. The van der Waals surface area contributed by atoms with Gasteiger partial charge in [0.05, 0.1) is 15.6 Å². The number of hydrogen-bond donors (Lipinski definition) is 2. The standard InChI is InChI=1S/C18H28N4OS2.HI/c1-4-19-18(20-10-6-12-23-5-2)21-11-9-15-7-8-17(25-15)16-13-24-14(3)22-16;/h7-8,13H,4-6,9-12H2,1-3H3,(H2,19,20,21);1H. The number of aryl methyl sites for hydroxylation is 1. The Kier molecular flexibility index (Phi) is 12.1. The average Bonchev–Trinajstić information content (AvgIpc) is 3.23. The van der Waals surface area contributed by atoms with E-state index in [0.29, 0.717) is 0 Å². The molecule has 2 aromatic rings. The SMILES string of the molecule is CCNC(=NCCCOCC)NCCc1ccc(-c2csc(C)n2)s1.I. The maximum atomic E-state index is 5.34. The molecule has 2 aromatic heterocycles. The van der Waals surface area contributed by atoms with Crippen LogP contribution in [0.3, 0.4) is 0 Å². The molecule has 0 fully saturated rings. The van der Waals surface area contributed by atoms with Gasteiger partial charge in [0, 0.05) is 43.1 Å². The Hall–Kier alpha value is -0.710. The van der Waals surface area contributed by atoms with E-state index < -0.39 is 0 Å². The van der Waals surface area contributed by atoms with E-state index >= 15 is 0 Å². The number of hydrogen-bond acceptors (Lipinski definition) is 5. The lowest BCUT2D eigenvalue weighted by Crippen LogP contribution is -2.38. The molecule has 0 aliphatic heterocycles. The number of rotatable bonds is 10. The highest BCUT2D eigenvalue weighted by molar-refractivity contribution is 14.0. The normalized spacial score (nSPS) is 11.3. The van der Waals surface area contributed by atoms with Crippen molar-refractivity contribution in [2.24, 2.45) is 4.99 Å². The highest BCUT2D eigenvalue weighted by atomic mass is 127. The van der Waals surface area contributed by atoms with Crippen LogP contribution < -0.4 is 10.6 Å². The second-order valence-electron chi connectivity index (χ2n) is 5.51. The first-order chi connectivity index (χ1) is 12.2. The van der Waals surface area contributed by atoms with Crippen molar-refractivity contribution in [3.05, 3.63) is 27.4 Å². The number of thiophene rings is 1. The number of halogens is 1.